The third kappa shape index (κ3) is 2.39. The molecule has 0 radical (unpaired) electrons. The standard InChI is InChI=1S/C10H13N3O3/c14-9(15)6-13-5-4-8(12-13)11-10(16)7-2-1-3-7/h4-5,7H,1-3,6H2,(H,14,15)(H,11,12,16). The fraction of sp³-hybridized carbons (Fsp3) is 0.500. The van der Waals surface area contributed by atoms with Gasteiger partial charge < -0.3 is 10.4 Å². The Morgan fingerprint density at radius 1 is 1.56 bits per heavy atom. The summed E-state index contributed by atoms with van der Waals surface area (Å²) < 4.78 is 1.28. The van der Waals surface area contributed by atoms with E-state index >= 15 is 0 Å². The SMILES string of the molecule is O=C(O)Cn1ccc(NC(=O)C2CCC2)n1. The molecule has 1 saturated carbocycles. The molecular weight excluding hydrogens is 210 g/mol. The lowest BCUT2D eigenvalue weighted by Crippen LogP contribution is -2.28. The predicted octanol–water partition coefficient (Wildman–Crippen LogP) is 0.706. The second kappa shape index (κ2) is 4.34. The van der Waals surface area contributed by atoms with E-state index in [9.17, 15) is 9.59 Å². The third-order valence-corrected chi connectivity index (χ3v) is 2.67. The van der Waals surface area contributed by atoms with E-state index in [2.05, 4.69) is 10.4 Å². The zero-order valence-corrected chi connectivity index (χ0v) is 8.72. The van der Waals surface area contributed by atoms with Gasteiger partial charge >= 0.3 is 5.97 Å². The first-order chi connectivity index (χ1) is 7.65. The number of aliphatic carboxylic acids is 1. The predicted molar refractivity (Wildman–Crippen MR) is 55.8 cm³/mol. The van der Waals surface area contributed by atoms with Crippen molar-refractivity contribution in [1.82, 2.24) is 9.78 Å². The van der Waals surface area contributed by atoms with Crippen molar-refractivity contribution >= 4 is 17.7 Å². The molecule has 0 bridgehead atoms. The van der Waals surface area contributed by atoms with E-state index in [0.717, 1.165) is 19.3 Å². The van der Waals surface area contributed by atoms with Crippen LogP contribution in [0.2, 0.25) is 0 Å². The highest BCUT2D eigenvalue weighted by Crippen LogP contribution is 2.27. The van der Waals surface area contributed by atoms with Crippen molar-refractivity contribution in [2.75, 3.05) is 5.32 Å². The Labute approximate surface area is 92.3 Å². The van der Waals surface area contributed by atoms with Crippen LogP contribution in [0.15, 0.2) is 12.3 Å². The van der Waals surface area contributed by atoms with E-state index in [1.165, 1.54) is 10.9 Å². The van der Waals surface area contributed by atoms with E-state index in [0.29, 0.717) is 5.82 Å². The van der Waals surface area contributed by atoms with E-state index in [1.807, 2.05) is 0 Å². The summed E-state index contributed by atoms with van der Waals surface area (Å²) in [5, 5.41) is 15.2. The van der Waals surface area contributed by atoms with Crippen LogP contribution < -0.4 is 5.32 Å². The van der Waals surface area contributed by atoms with Crippen molar-refractivity contribution in [2.45, 2.75) is 25.8 Å². The van der Waals surface area contributed by atoms with E-state index in [4.69, 9.17) is 5.11 Å². The fourth-order valence-corrected chi connectivity index (χ4v) is 1.55. The van der Waals surface area contributed by atoms with Gasteiger partial charge in [0.2, 0.25) is 5.91 Å². The average molecular weight is 223 g/mol. The molecule has 1 aliphatic carbocycles. The number of nitrogens with zero attached hydrogens (tertiary/aromatic N) is 2. The molecule has 86 valence electrons. The first kappa shape index (κ1) is 10.7. The van der Waals surface area contributed by atoms with Gasteiger partial charge in [0.1, 0.15) is 6.54 Å². The smallest absolute Gasteiger partial charge is 0.325 e. The lowest BCUT2D eigenvalue weighted by atomic mass is 9.85. The van der Waals surface area contributed by atoms with Gasteiger partial charge in [-0.25, -0.2) is 0 Å². The number of amides is 1. The Morgan fingerprint density at radius 2 is 2.31 bits per heavy atom. The number of nitrogens with one attached hydrogen (secondary N) is 1. The normalized spacial score (nSPS) is 15.5. The van der Waals surface area contributed by atoms with E-state index < -0.39 is 5.97 Å². The summed E-state index contributed by atoms with van der Waals surface area (Å²) in [6, 6.07) is 1.60. The second-order valence-electron chi connectivity index (χ2n) is 3.91. The molecule has 0 spiro atoms. The van der Waals surface area contributed by atoms with Crippen LogP contribution in [0.3, 0.4) is 0 Å². The van der Waals surface area contributed by atoms with Gasteiger partial charge in [-0.15, -0.1) is 0 Å². The molecule has 1 aromatic rings. The fourth-order valence-electron chi connectivity index (χ4n) is 1.55. The number of carboxylic acid groups (broad SMARTS) is 1. The number of aromatic nitrogens is 2. The van der Waals surface area contributed by atoms with Crippen molar-refractivity contribution in [3.8, 4) is 0 Å². The van der Waals surface area contributed by atoms with E-state index in [-0.39, 0.29) is 18.4 Å². The highest BCUT2D eigenvalue weighted by molar-refractivity contribution is 5.92. The zero-order valence-electron chi connectivity index (χ0n) is 8.72. The number of hydrogen-bond donors (Lipinski definition) is 2. The van der Waals surface area contributed by atoms with E-state index in [1.54, 1.807) is 6.07 Å². The Bertz CT molecular complexity index is 409. The Hall–Kier alpha value is -1.85. The summed E-state index contributed by atoms with van der Waals surface area (Å²) in [5.41, 5.74) is 0. The molecule has 16 heavy (non-hydrogen) atoms. The van der Waals surface area contributed by atoms with Gasteiger partial charge in [0.05, 0.1) is 0 Å². The van der Waals surface area contributed by atoms with Crippen LogP contribution in [-0.4, -0.2) is 26.8 Å². The van der Waals surface area contributed by atoms with Gasteiger partial charge in [-0.3, -0.25) is 14.3 Å². The van der Waals surface area contributed by atoms with Crippen LogP contribution in [0.1, 0.15) is 19.3 Å². The minimum Gasteiger partial charge on any atom is -0.480 e. The summed E-state index contributed by atoms with van der Waals surface area (Å²) in [7, 11) is 0. The molecule has 1 amide bonds. The average Bonchev–Trinajstić information content (AvgIpc) is 2.47. The molecule has 0 aliphatic heterocycles. The maximum atomic E-state index is 11.5. The maximum Gasteiger partial charge on any atom is 0.325 e. The van der Waals surface area contributed by atoms with Crippen LogP contribution in [0, 0.1) is 5.92 Å². The topological polar surface area (TPSA) is 84.2 Å². The monoisotopic (exact) mass is 223 g/mol. The molecule has 0 atom stereocenters. The zero-order chi connectivity index (χ0) is 11.5. The van der Waals surface area contributed by atoms with Crippen molar-refractivity contribution in [3.63, 3.8) is 0 Å². The van der Waals surface area contributed by atoms with Crippen molar-refractivity contribution in [3.05, 3.63) is 12.3 Å². The highest BCUT2D eigenvalue weighted by atomic mass is 16.4. The molecule has 0 aromatic carbocycles. The lowest BCUT2D eigenvalue weighted by Gasteiger charge is -2.23. The molecule has 6 heteroatoms. The first-order valence-corrected chi connectivity index (χ1v) is 5.21. The molecule has 1 heterocycles. The van der Waals surface area contributed by atoms with Crippen LogP contribution in [0.25, 0.3) is 0 Å². The number of carbonyl (C=O) groups is 2. The van der Waals surface area contributed by atoms with Crippen molar-refractivity contribution < 1.29 is 14.7 Å². The number of rotatable bonds is 4. The molecule has 1 fully saturated rings. The summed E-state index contributed by atoms with van der Waals surface area (Å²) in [5.74, 6) is -0.463. The summed E-state index contributed by atoms with van der Waals surface area (Å²) in [4.78, 5) is 22.0. The van der Waals surface area contributed by atoms with Gasteiger partial charge in [-0.1, -0.05) is 6.42 Å². The second-order valence-corrected chi connectivity index (χ2v) is 3.91. The van der Waals surface area contributed by atoms with Gasteiger partial charge in [0, 0.05) is 18.2 Å². The van der Waals surface area contributed by atoms with Crippen molar-refractivity contribution in [1.29, 1.82) is 0 Å². The summed E-state index contributed by atoms with van der Waals surface area (Å²) in [6.07, 6.45) is 4.50. The minimum absolute atomic E-state index is 0.0215. The summed E-state index contributed by atoms with van der Waals surface area (Å²) >= 11 is 0. The van der Waals surface area contributed by atoms with Crippen LogP contribution in [0.5, 0.6) is 0 Å². The third-order valence-electron chi connectivity index (χ3n) is 2.67. The molecule has 0 unspecified atom stereocenters. The number of anilines is 1. The number of carboxylic acids is 1. The molecule has 2 rings (SSSR count). The summed E-state index contributed by atoms with van der Waals surface area (Å²) in [6.45, 7) is -0.195. The van der Waals surface area contributed by atoms with Crippen LogP contribution in [-0.2, 0) is 16.1 Å². The molecule has 1 aromatic heterocycles. The van der Waals surface area contributed by atoms with Gasteiger partial charge in [-0.2, -0.15) is 5.10 Å². The largest absolute Gasteiger partial charge is 0.480 e. The van der Waals surface area contributed by atoms with Crippen LogP contribution in [0.4, 0.5) is 5.82 Å². The quantitative estimate of drug-likeness (QED) is 0.787. The van der Waals surface area contributed by atoms with Crippen molar-refractivity contribution in [2.24, 2.45) is 5.92 Å². The Kier molecular flexibility index (Phi) is 2.89. The maximum absolute atomic E-state index is 11.5. The Morgan fingerprint density at radius 3 is 2.88 bits per heavy atom. The number of hydrogen-bond acceptors (Lipinski definition) is 3. The molecule has 2 N–H and O–H groups in total. The lowest BCUT2D eigenvalue weighted by molar-refractivity contribution is -0.137. The molecule has 1 aliphatic rings. The van der Waals surface area contributed by atoms with Crippen LogP contribution >= 0.6 is 0 Å². The Balaban J connectivity index is 1.91. The van der Waals surface area contributed by atoms with Gasteiger partial charge in [0.25, 0.3) is 0 Å². The van der Waals surface area contributed by atoms with Gasteiger partial charge in [-0.05, 0) is 12.8 Å². The molecule has 0 saturated heterocycles. The minimum atomic E-state index is -0.958. The highest BCUT2D eigenvalue weighted by Gasteiger charge is 2.25. The molecular formula is C10H13N3O3. The number of carbonyl (C=O) groups excluding carboxylic acids is 1. The first-order valence-electron chi connectivity index (χ1n) is 5.21. The van der Waals surface area contributed by atoms with Gasteiger partial charge in [0.15, 0.2) is 5.82 Å². The molecule has 6 nitrogen and oxygen atoms in total.